The molecular formula is C22H25N2O2S. The molecule has 2 aromatic rings. The summed E-state index contributed by atoms with van der Waals surface area (Å²) in [5.41, 5.74) is 7.31. The van der Waals surface area contributed by atoms with Crippen molar-refractivity contribution in [2.75, 3.05) is 33.3 Å². The summed E-state index contributed by atoms with van der Waals surface area (Å²) >= 11 is 1.57. The number of nitrogens with zero attached hydrogens (tertiary/aromatic N) is 1. The zero-order valence-corrected chi connectivity index (χ0v) is 16.5. The van der Waals surface area contributed by atoms with Crippen LogP contribution >= 0.6 is 11.3 Å². The Hall–Kier alpha value is -1.95. The van der Waals surface area contributed by atoms with E-state index in [0.717, 1.165) is 44.3 Å². The lowest BCUT2D eigenvalue weighted by Crippen LogP contribution is -2.27. The standard InChI is InChI=1S/C22H25N2O2S/c1-24-11-8-16(9-12-24)20-17-5-3-2-4-15(17)6-7-18-19(14-27-21(18)20)22(26)23-10-13-25/h2-5,25H,6-13H2,1H3,(H,23,26). The summed E-state index contributed by atoms with van der Waals surface area (Å²) < 4.78 is 0. The van der Waals surface area contributed by atoms with Crippen molar-refractivity contribution < 1.29 is 9.90 Å². The lowest BCUT2D eigenvalue weighted by Gasteiger charge is -2.27. The minimum Gasteiger partial charge on any atom is -0.395 e. The number of hydrogen-bond donors (Lipinski definition) is 2. The number of aryl methyl sites for hydroxylation is 1. The zero-order chi connectivity index (χ0) is 18.8. The van der Waals surface area contributed by atoms with E-state index in [2.05, 4.69) is 46.9 Å². The molecule has 2 heterocycles. The van der Waals surface area contributed by atoms with Gasteiger partial charge in [-0.1, -0.05) is 29.8 Å². The Labute approximate surface area is 164 Å². The van der Waals surface area contributed by atoms with Crippen molar-refractivity contribution in [1.82, 2.24) is 10.2 Å². The molecule has 0 unspecified atom stereocenters. The van der Waals surface area contributed by atoms with Crippen LogP contribution < -0.4 is 5.32 Å². The van der Waals surface area contributed by atoms with Gasteiger partial charge in [0.25, 0.3) is 5.91 Å². The highest BCUT2D eigenvalue weighted by atomic mass is 32.1. The Morgan fingerprint density at radius 2 is 2.00 bits per heavy atom. The van der Waals surface area contributed by atoms with E-state index in [0.29, 0.717) is 5.56 Å². The van der Waals surface area contributed by atoms with Crippen molar-refractivity contribution in [3.05, 3.63) is 62.3 Å². The van der Waals surface area contributed by atoms with Crippen LogP contribution in [0.4, 0.5) is 0 Å². The van der Waals surface area contributed by atoms with Crippen LogP contribution in [0.2, 0.25) is 0 Å². The second-order valence-electron chi connectivity index (χ2n) is 7.31. The van der Waals surface area contributed by atoms with Crippen LogP contribution in [0.25, 0.3) is 5.57 Å². The highest BCUT2D eigenvalue weighted by molar-refractivity contribution is 7.11. The molecule has 27 heavy (non-hydrogen) atoms. The summed E-state index contributed by atoms with van der Waals surface area (Å²) in [6.07, 6.45) is 3.93. The van der Waals surface area contributed by atoms with Crippen molar-refractivity contribution in [1.29, 1.82) is 0 Å². The molecule has 1 aromatic carbocycles. The van der Waals surface area contributed by atoms with E-state index in [1.807, 2.05) is 0 Å². The van der Waals surface area contributed by atoms with E-state index in [4.69, 9.17) is 5.11 Å². The average molecular weight is 382 g/mol. The molecule has 4 rings (SSSR count). The normalized spacial score (nSPS) is 17.3. The van der Waals surface area contributed by atoms with Gasteiger partial charge in [0.15, 0.2) is 0 Å². The number of carbonyl (C=O) groups excluding carboxylic acids is 1. The maximum Gasteiger partial charge on any atom is 0.253 e. The number of fused-ring (bicyclic) bond motifs is 2. The molecule has 0 saturated carbocycles. The van der Waals surface area contributed by atoms with E-state index in [-0.39, 0.29) is 19.1 Å². The van der Waals surface area contributed by atoms with E-state index in [9.17, 15) is 4.79 Å². The molecule has 1 aromatic heterocycles. The first-order valence-corrected chi connectivity index (χ1v) is 10.4. The number of aliphatic hydroxyl groups is 1. The molecule has 5 heteroatoms. The first-order valence-electron chi connectivity index (χ1n) is 9.60. The highest BCUT2D eigenvalue weighted by Crippen LogP contribution is 2.42. The van der Waals surface area contributed by atoms with Gasteiger partial charge >= 0.3 is 0 Å². The van der Waals surface area contributed by atoms with Crippen LogP contribution in [0.1, 0.15) is 44.8 Å². The molecule has 0 bridgehead atoms. The highest BCUT2D eigenvalue weighted by Gasteiger charge is 2.27. The molecule has 1 saturated heterocycles. The van der Waals surface area contributed by atoms with Gasteiger partial charge < -0.3 is 15.3 Å². The third-order valence-electron chi connectivity index (χ3n) is 5.56. The number of piperidine rings is 1. The number of nitrogens with one attached hydrogen (secondary N) is 1. The van der Waals surface area contributed by atoms with Crippen LogP contribution in [0.3, 0.4) is 0 Å². The minimum absolute atomic E-state index is 0.0493. The average Bonchev–Trinajstić information content (AvgIpc) is 3.03. The number of likely N-dealkylation sites (tertiary alicyclic amines) is 1. The van der Waals surface area contributed by atoms with Gasteiger partial charge in [-0.05, 0) is 55.0 Å². The molecule has 1 aliphatic heterocycles. The smallest absolute Gasteiger partial charge is 0.253 e. The molecule has 1 radical (unpaired) electrons. The molecule has 2 N–H and O–H groups in total. The molecule has 4 nitrogen and oxygen atoms in total. The van der Waals surface area contributed by atoms with Gasteiger partial charge in [-0.15, -0.1) is 11.3 Å². The second-order valence-corrected chi connectivity index (χ2v) is 8.12. The number of rotatable bonds is 3. The van der Waals surface area contributed by atoms with Gasteiger partial charge in [0.1, 0.15) is 0 Å². The van der Waals surface area contributed by atoms with Crippen LogP contribution in [-0.2, 0) is 12.8 Å². The summed E-state index contributed by atoms with van der Waals surface area (Å²) in [4.78, 5) is 16.2. The van der Waals surface area contributed by atoms with Crippen LogP contribution in [0.15, 0.2) is 29.8 Å². The number of hydrogen-bond acceptors (Lipinski definition) is 4. The van der Waals surface area contributed by atoms with Crippen molar-refractivity contribution in [2.24, 2.45) is 0 Å². The van der Waals surface area contributed by atoms with Crippen molar-refractivity contribution >= 4 is 22.8 Å². The maximum atomic E-state index is 12.6. The predicted octanol–water partition coefficient (Wildman–Crippen LogP) is 2.90. The number of amides is 1. The van der Waals surface area contributed by atoms with E-state index >= 15 is 0 Å². The van der Waals surface area contributed by atoms with Crippen LogP contribution in [-0.4, -0.2) is 49.2 Å². The monoisotopic (exact) mass is 381 g/mol. The Bertz CT molecular complexity index is 874. The molecule has 1 aliphatic carbocycles. The quantitative estimate of drug-likeness (QED) is 0.860. The molecule has 0 atom stereocenters. The molecule has 1 amide bonds. The van der Waals surface area contributed by atoms with E-state index in [1.54, 1.807) is 11.3 Å². The number of aliphatic hydroxyl groups excluding tert-OH is 1. The molecule has 1 fully saturated rings. The first kappa shape index (κ1) is 18.4. The third-order valence-corrected chi connectivity index (χ3v) is 6.52. The molecule has 2 aliphatic rings. The van der Waals surface area contributed by atoms with Crippen molar-refractivity contribution in [2.45, 2.75) is 25.7 Å². The van der Waals surface area contributed by atoms with Gasteiger partial charge in [0.2, 0.25) is 0 Å². The summed E-state index contributed by atoms with van der Waals surface area (Å²) in [6, 6.07) is 8.68. The molecular weight excluding hydrogens is 356 g/mol. The number of thiophene rings is 1. The Balaban J connectivity index is 1.82. The number of benzene rings is 1. The molecule has 0 spiro atoms. The fourth-order valence-electron chi connectivity index (χ4n) is 4.07. The Kier molecular flexibility index (Phi) is 5.43. The van der Waals surface area contributed by atoms with Gasteiger partial charge in [-0.25, -0.2) is 0 Å². The lowest BCUT2D eigenvalue weighted by molar-refractivity contribution is 0.0944. The maximum absolute atomic E-state index is 12.6. The van der Waals surface area contributed by atoms with Gasteiger partial charge in [-0.2, -0.15) is 0 Å². The zero-order valence-electron chi connectivity index (χ0n) is 15.7. The van der Waals surface area contributed by atoms with Crippen LogP contribution in [0, 0.1) is 5.38 Å². The van der Waals surface area contributed by atoms with Gasteiger partial charge in [-0.3, -0.25) is 4.79 Å². The van der Waals surface area contributed by atoms with Crippen LogP contribution in [0.5, 0.6) is 0 Å². The third kappa shape index (κ3) is 3.59. The fraction of sp³-hybridized carbons (Fsp3) is 0.409. The van der Waals surface area contributed by atoms with E-state index in [1.165, 1.54) is 27.2 Å². The minimum atomic E-state index is -0.125. The lowest BCUT2D eigenvalue weighted by atomic mass is 9.90. The Morgan fingerprint density at radius 1 is 1.22 bits per heavy atom. The second kappa shape index (κ2) is 7.97. The summed E-state index contributed by atoms with van der Waals surface area (Å²) in [5, 5.41) is 15.1. The van der Waals surface area contributed by atoms with Gasteiger partial charge in [0.05, 0.1) is 17.6 Å². The fourth-order valence-corrected chi connectivity index (χ4v) is 5.18. The summed E-state index contributed by atoms with van der Waals surface area (Å²) in [7, 11) is 2.18. The SMILES string of the molecule is CN1CCC(=C2c3ccccc3CCc3c(C(=O)NCCO)[c]sc32)CC1. The summed E-state index contributed by atoms with van der Waals surface area (Å²) in [6.45, 7) is 2.38. The van der Waals surface area contributed by atoms with E-state index < -0.39 is 0 Å². The van der Waals surface area contributed by atoms with Gasteiger partial charge in [0, 0.05) is 24.5 Å². The van der Waals surface area contributed by atoms with Crippen molar-refractivity contribution in [3.8, 4) is 0 Å². The molecule has 141 valence electrons. The summed E-state index contributed by atoms with van der Waals surface area (Å²) in [5.74, 6) is -0.125. The largest absolute Gasteiger partial charge is 0.395 e. The number of carbonyl (C=O) groups is 1. The predicted molar refractivity (Wildman–Crippen MR) is 109 cm³/mol. The first-order chi connectivity index (χ1) is 13.2. The Morgan fingerprint density at radius 3 is 2.78 bits per heavy atom. The topological polar surface area (TPSA) is 52.6 Å². The van der Waals surface area contributed by atoms with Crippen molar-refractivity contribution in [3.63, 3.8) is 0 Å².